The highest BCUT2D eigenvalue weighted by Gasteiger charge is 2.31. The zero-order chi connectivity index (χ0) is 21.0. The molecule has 2 heterocycles. The van der Waals surface area contributed by atoms with Gasteiger partial charge in [-0.3, -0.25) is 4.39 Å². The van der Waals surface area contributed by atoms with E-state index in [1.807, 2.05) is 6.07 Å². The molecule has 5 nitrogen and oxygen atoms in total. The van der Waals surface area contributed by atoms with Crippen LogP contribution in [-0.2, 0) is 5.41 Å². The van der Waals surface area contributed by atoms with Crippen molar-refractivity contribution in [3.8, 4) is 11.6 Å². The van der Waals surface area contributed by atoms with Crippen LogP contribution in [0, 0.1) is 12.8 Å². The minimum atomic E-state index is -0.258. The van der Waals surface area contributed by atoms with Gasteiger partial charge in [-0.05, 0) is 78.7 Å². The second-order valence-electron chi connectivity index (χ2n) is 10.1. The Labute approximate surface area is 176 Å². The molecule has 0 unspecified atom stereocenters. The van der Waals surface area contributed by atoms with Gasteiger partial charge in [0.25, 0.3) is 5.89 Å². The van der Waals surface area contributed by atoms with Crippen molar-refractivity contribution in [2.24, 2.45) is 5.92 Å². The Morgan fingerprint density at radius 3 is 2.57 bits per heavy atom. The van der Waals surface area contributed by atoms with E-state index in [0.29, 0.717) is 23.5 Å². The monoisotopic (exact) mass is 408 g/mol. The molecule has 0 atom stereocenters. The van der Waals surface area contributed by atoms with Crippen LogP contribution in [-0.4, -0.2) is 27.9 Å². The summed E-state index contributed by atoms with van der Waals surface area (Å²) in [6.07, 6.45) is 4.18. The largest absolute Gasteiger partial charge is 0.402 e. The molecule has 0 bridgehead atoms. The first-order chi connectivity index (χ1) is 14.3. The first kappa shape index (κ1) is 19.5. The van der Waals surface area contributed by atoms with Crippen LogP contribution in [0.5, 0.6) is 0 Å². The summed E-state index contributed by atoms with van der Waals surface area (Å²) in [5.41, 5.74) is 5.55. The molecule has 2 saturated carbocycles. The number of anilines is 1. The highest BCUT2D eigenvalue weighted by atomic mass is 19.1. The molecule has 0 spiro atoms. The van der Waals surface area contributed by atoms with E-state index in [1.165, 1.54) is 34.9 Å². The van der Waals surface area contributed by atoms with Gasteiger partial charge < -0.3 is 9.73 Å². The van der Waals surface area contributed by atoms with E-state index in [2.05, 4.69) is 55.3 Å². The molecule has 0 aliphatic heterocycles. The number of rotatable bonds is 5. The van der Waals surface area contributed by atoms with E-state index in [0.717, 1.165) is 18.4 Å². The van der Waals surface area contributed by atoms with E-state index in [9.17, 15) is 4.39 Å². The first-order valence-corrected chi connectivity index (χ1v) is 10.9. The number of alkyl halides is 1. The van der Waals surface area contributed by atoms with Crippen molar-refractivity contribution in [1.82, 2.24) is 15.2 Å². The zero-order valence-electron chi connectivity index (χ0n) is 18.1. The number of nitrogens with zero attached hydrogens (tertiary/aromatic N) is 3. The smallest absolute Gasteiger partial charge is 0.316 e. The predicted molar refractivity (Wildman–Crippen MR) is 117 cm³/mol. The lowest BCUT2D eigenvalue weighted by Crippen LogP contribution is -2.36. The second-order valence-corrected chi connectivity index (χ2v) is 10.1. The van der Waals surface area contributed by atoms with E-state index >= 15 is 0 Å². The average molecular weight is 409 g/mol. The van der Waals surface area contributed by atoms with Crippen molar-refractivity contribution in [1.29, 1.82) is 0 Å². The van der Waals surface area contributed by atoms with E-state index in [4.69, 9.17) is 9.40 Å². The molecule has 30 heavy (non-hydrogen) atoms. The van der Waals surface area contributed by atoms with E-state index < -0.39 is 0 Å². The second kappa shape index (κ2) is 7.03. The number of benzene rings is 1. The standard InChI is InChI=1S/C24H29FN4O/c1-13-7-20(22-28-29-23(30-22)26-17-8-14(9-17)12-25)27-21-18(13)10-16(15-5-6-15)11-19(21)24(2,3)4/h7,10-11,14-15,17H,5-6,8-9,12H2,1-4H3,(H,26,29). The molecule has 1 N–H and O–H groups in total. The van der Waals surface area contributed by atoms with Crippen molar-refractivity contribution in [2.75, 3.05) is 12.0 Å². The topological polar surface area (TPSA) is 63.8 Å². The van der Waals surface area contributed by atoms with Crippen LogP contribution in [0.4, 0.5) is 10.4 Å². The molecule has 5 rings (SSSR count). The summed E-state index contributed by atoms with van der Waals surface area (Å²) in [6.45, 7) is 8.57. The van der Waals surface area contributed by atoms with Crippen LogP contribution in [0.1, 0.15) is 69.1 Å². The van der Waals surface area contributed by atoms with Crippen LogP contribution in [0.15, 0.2) is 22.6 Å². The lowest BCUT2D eigenvalue weighted by molar-refractivity contribution is 0.220. The van der Waals surface area contributed by atoms with Gasteiger partial charge in [-0.1, -0.05) is 31.9 Å². The van der Waals surface area contributed by atoms with Crippen LogP contribution in [0.25, 0.3) is 22.5 Å². The summed E-state index contributed by atoms with van der Waals surface area (Å²) in [5.74, 6) is 1.27. The maximum absolute atomic E-state index is 12.6. The summed E-state index contributed by atoms with van der Waals surface area (Å²) < 4.78 is 18.5. The molecule has 2 aromatic heterocycles. The van der Waals surface area contributed by atoms with Gasteiger partial charge in [-0.2, -0.15) is 0 Å². The summed E-state index contributed by atoms with van der Waals surface area (Å²) in [6, 6.07) is 7.28. The number of nitrogens with one attached hydrogen (secondary N) is 1. The van der Waals surface area contributed by atoms with Crippen molar-refractivity contribution in [3.05, 3.63) is 34.9 Å². The summed E-state index contributed by atoms with van der Waals surface area (Å²) >= 11 is 0. The Balaban J connectivity index is 1.51. The third-order valence-corrected chi connectivity index (χ3v) is 6.42. The molecule has 2 aliphatic carbocycles. The lowest BCUT2D eigenvalue weighted by atomic mass is 9.81. The summed E-state index contributed by atoms with van der Waals surface area (Å²) in [7, 11) is 0. The quantitative estimate of drug-likeness (QED) is 0.567. The third-order valence-electron chi connectivity index (χ3n) is 6.42. The fourth-order valence-electron chi connectivity index (χ4n) is 4.39. The number of aromatic nitrogens is 3. The van der Waals surface area contributed by atoms with Crippen molar-refractivity contribution in [3.63, 3.8) is 0 Å². The van der Waals surface area contributed by atoms with Crippen LogP contribution >= 0.6 is 0 Å². The van der Waals surface area contributed by atoms with E-state index in [-0.39, 0.29) is 24.0 Å². The van der Waals surface area contributed by atoms with E-state index in [1.54, 1.807) is 0 Å². The van der Waals surface area contributed by atoms with Gasteiger partial charge in [0.05, 0.1) is 12.2 Å². The number of hydrogen-bond acceptors (Lipinski definition) is 5. The molecular weight excluding hydrogens is 379 g/mol. The lowest BCUT2D eigenvalue weighted by Gasteiger charge is -2.33. The summed E-state index contributed by atoms with van der Waals surface area (Å²) in [5, 5.41) is 12.8. The number of fused-ring (bicyclic) bond motifs is 1. The number of aryl methyl sites for hydroxylation is 1. The fraction of sp³-hybridized carbons (Fsp3) is 0.542. The van der Waals surface area contributed by atoms with Crippen LogP contribution < -0.4 is 5.32 Å². The van der Waals surface area contributed by atoms with Gasteiger partial charge in [0.15, 0.2) is 0 Å². The molecule has 158 valence electrons. The van der Waals surface area contributed by atoms with Gasteiger partial charge in [-0.25, -0.2) is 4.98 Å². The third kappa shape index (κ3) is 3.57. The normalized spacial score (nSPS) is 21.6. The Morgan fingerprint density at radius 2 is 1.90 bits per heavy atom. The molecule has 0 saturated heterocycles. The highest BCUT2D eigenvalue weighted by molar-refractivity contribution is 5.88. The van der Waals surface area contributed by atoms with Crippen LogP contribution in [0.2, 0.25) is 0 Å². The summed E-state index contributed by atoms with van der Waals surface area (Å²) in [4.78, 5) is 4.97. The van der Waals surface area contributed by atoms with Gasteiger partial charge in [0.2, 0.25) is 0 Å². The maximum Gasteiger partial charge on any atom is 0.316 e. The molecule has 6 heteroatoms. The molecular formula is C24H29FN4O. The molecule has 0 radical (unpaired) electrons. The number of halogens is 1. The van der Waals surface area contributed by atoms with Gasteiger partial charge in [0, 0.05) is 11.4 Å². The van der Waals surface area contributed by atoms with Crippen molar-refractivity contribution >= 4 is 16.9 Å². The average Bonchev–Trinajstić information content (AvgIpc) is 3.41. The minimum Gasteiger partial charge on any atom is -0.402 e. The van der Waals surface area contributed by atoms with Crippen molar-refractivity contribution in [2.45, 2.75) is 70.8 Å². The Morgan fingerprint density at radius 1 is 1.13 bits per heavy atom. The van der Waals surface area contributed by atoms with Gasteiger partial charge in [0.1, 0.15) is 5.69 Å². The van der Waals surface area contributed by atoms with Crippen molar-refractivity contribution < 1.29 is 8.81 Å². The van der Waals surface area contributed by atoms with Gasteiger partial charge in [-0.15, -0.1) is 5.10 Å². The Kier molecular flexibility index (Phi) is 4.56. The molecule has 1 aromatic carbocycles. The number of pyridine rings is 1. The minimum absolute atomic E-state index is 0.0139. The highest BCUT2D eigenvalue weighted by Crippen LogP contribution is 2.44. The van der Waals surface area contributed by atoms with Gasteiger partial charge >= 0.3 is 6.01 Å². The van der Waals surface area contributed by atoms with Crippen LogP contribution in [0.3, 0.4) is 0 Å². The Bertz CT molecular complexity index is 1090. The molecule has 2 fully saturated rings. The first-order valence-electron chi connectivity index (χ1n) is 10.9. The molecule has 2 aliphatic rings. The molecule has 3 aromatic rings. The fourth-order valence-corrected chi connectivity index (χ4v) is 4.39. The SMILES string of the molecule is Cc1cc(-c2nnc(NC3CC(CF)C3)o2)nc2c(C(C)(C)C)cc(C3CC3)cc12. The molecule has 0 amide bonds. The maximum atomic E-state index is 12.6. The Hall–Kier alpha value is -2.50. The zero-order valence-corrected chi connectivity index (χ0v) is 18.1. The predicted octanol–water partition coefficient (Wildman–Crippen LogP) is 5.93. The number of hydrogen-bond donors (Lipinski definition) is 1.